The smallest absolute Gasteiger partial charge is 0.0306 e. The number of nitrogens with two attached hydrogens (primary N) is 1. The standard InChI is InChI=1S/C16H30N2/c1-2-12-7-8-16(9-12,11-17)18-10-15(13-3-4-13)14-5-6-14/h12-15,18H,2-11,17H2,1H3. The Morgan fingerprint density at radius 3 is 2.28 bits per heavy atom. The molecule has 2 unspecified atom stereocenters. The van der Waals surface area contributed by atoms with Gasteiger partial charge in [-0.3, -0.25) is 0 Å². The minimum absolute atomic E-state index is 0.294. The molecule has 2 nitrogen and oxygen atoms in total. The number of rotatable bonds is 7. The summed E-state index contributed by atoms with van der Waals surface area (Å²) in [7, 11) is 0. The minimum atomic E-state index is 0.294. The van der Waals surface area contributed by atoms with Gasteiger partial charge in [-0.1, -0.05) is 13.3 Å². The summed E-state index contributed by atoms with van der Waals surface area (Å²) in [4.78, 5) is 0. The fourth-order valence-electron chi connectivity index (χ4n) is 4.11. The predicted molar refractivity (Wildman–Crippen MR) is 76.4 cm³/mol. The highest BCUT2D eigenvalue weighted by molar-refractivity contribution is 4.99. The van der Waals surface area contributed by atoms with E-state index in [0.717, 1.165) is 30.2 Å². The van der Waals surface area contributed by atoms with Gasteiger partial charge in [-0.15, -0.1) is 0 Å². The largest absolute Gasteiger partial charge is 0.329 e. The Bertz CT molecular complexity index is 271. The van der Waals surface area contributed by atoms with Crippen molar-refractivity contribution >= 4 is 0 Å². The Morgan fingerprint density at radius 1 is 1.17 bits per heavy atom. The van der Waals surface area contributed by atoms with E-state index in [1.807, 2.05) is 0 Å². The molecule has 18 heavy (non-hydrogen) atoms. The number of hydrogen-bond donors (Lipinski definition) is 2. The van der Waals surface area contributed by atoms with Gasteiger partial charge >= 0.3 is 0 Å². The van der Waals surface area contributed by atoms with E-state index >= 15 is 0 Å². The zero-order valence-corrected chi connectivity index (χ0v) is 12.0. The summed E-state index contributed by atoms with van der Waals surface area (Å²) in [6.45, 7) is 4.42. The summed E-state index contributed by atoms with van der Waals surface area (Å²) in [6.07, 6.45) is 11.3. The van der Waals surface area contributed by atoms with Crippen LogP contribution in [0.3, 0.4) is 0 Å². The fraction of sp³-hybridized carbons (Fsp3) is 1.00. The normalized spacial score (nSPS) is 36.5. The van der Waals surface area contributed by atoms with Crippen molar-refractivity contribution in [2.24, 2.45) is 29.4 Å². The lowest BCUT2D eigenvalue weighted by molar-refractivity contribution is 0.275. The SMILES string of the molecule is CCC1CCC(CN)(NCC(C2CC2)C2CC2)C1. The lowest BCUT2D eigenvalue weighted by atomic mass is 9.92. The minimum Gasteiger partial charge on any atom is -0.329 e. The molecule has 0 bridgehead atoms. The summed E-state index contributed by atoms with van der Waals surface area (Å²) < 4.78 is 0. The maximum absolute atomic E-state index is 6.09. The van der Waals surface area contributed by atoms with Crippen LogP contribution >= 0.6 is 0 Å². The van der Waals surface area contributed by atoms with Gasteiger partial charge in [0.2, 0.25) is 0 Å². The first-order chi connectivity index (χ1) is 8.76. The van der Waals surface area contributed by atoms with Gasteiger partial charge in [0.1, 0.15) is 0 Å². The first-order valence-electron chi connectivity index (χ1n) is 8.21. The fourth-order valence-corrected chi connectivity index (χ4v) is 4.11. The first kappa shape index (κ1) is 12.9. The highest BCUT2D eigenvalue weighted by Gasteiger charge is 2.43. The molecule has 0 aromatic heterocycles. The summed E-state index contributed by atoms with van der Waals surface area (Å²) >= 11 is 0. The van der Waals surface area contributed by atoms with Crippen LogP contribution in [0.25, 0.3) is 0 Å². The number of nitrogens with one attached hydrogen (secondary N) is 1. The van der Waals surface area contributed by atoms with Crippen LogP contribution in [0.4, 0.5) is 0 Å². The lowest BCUT2D eigenvalue weighted by Crippen LogP contribution is -2.51. The molecule has 0 heterocycles. The zero-order chi connectivity index (χ0) is 12.6. The van der Waals surface area contributed by atoms with Crippen LogP contribution in [0, 0.1) is 23.7 Å². The van der Waals surface area contributed by atoms with Crippen molar-refractivity contribution in [2.45, 2.75) is 63.8 Å². The van der Waals surface area contributed by atoms with Crippen molar-refractivity contribution in [3.8, 4) is 0 Å². The Morgan fingerprint density at radius 2 is 1.83 bits per heavy atom. The van der Waals surface area contributed by atoms with E-state index in [4.69, 9.17) is 5.73 Å². The predicted octanol–water partition coefficient (Wildman–Crippen LogP) is 2.92. The molecule has 0 radical (unpaired) electrons. The summed E-state index contributed by atoms with van der Waals surface area (Å²) in [6, 6.07) is 0. The maximum atomic E-state index is 6.09. The lowest BCUT2D eigenvalue weighted by Gasteiger charge is -2.32. The second-order valence-corrected chi connectivity index (χ2v) is 7.22. The third-order valence-electron chi connectivity index (χ3n) is 5.85. The average molecular weight is 250 g/mol. The van der Waals surface area contributed by atoms with Gasteiger partial charge in [0.25, 0.3) is 0 Å². The molecule has 0 aromatic rings. The van der Waals surface area contributed by atoms with Gasteiger partial charge < -0.3 is 11.1 Å². The van der Waals surface area contributed by atoms with Crippen molar-refractivity contribution < 1.29 is 0 Å². The summed E-state index contributed by atoms with van der Waals surface area (Å²) in [5.74, 6) is 4.02. The van der Waals surface area contributed by atoms with E-state index in [2.05, 4.69) is 12.2 Å². The number of hydrogen-bond acceptors (Lipinski definition) is 2. The van der Waals surface area contributed by atoms with Crippen LogP contribution in [0.15, 0.2) is 0 Å². The van der Waals surface area contributed by atoms with E-state index in [9.17, 15) is 0 Å². The monoisotopic (exact) mass is 250 g/mol. The highest BCUT2D eigenvalue weighted by atomic mass is 15.0. The van der Waals surface area contributed by atoms with Gasteiger partial charge in [-0.2, -0.15) is 0 Å². The molecule has 2 atom stereocenters. The molecular weight excluding hydrogens is 220 g/mol. The Hall–Kier alpha value is -0.0800. The van der Waals surface area contributed by atoms with Crippen LogP contribution in [-0.2, 0) is 0 Å². The first-order valence-corrected chi connectivity index (χ1v) is 8.21. The van der Waals surface area contributed by atoms with E-state index < -0.39 is 0 Å². The molecule has 0 amide bonds. The van der Waals surface area contributed by atoms with Crippen LogP contribution in [0.1, 0.15) is 58.3 Å². The molecule has 3 rings (SSSR count). The van der Waals surface area contributed by atoms with E-state index in [1.54, 1.807) is 0 Å². The van der Waals surface area contributed by atoms with Crippen molar-refractivity contribution in [1.29, 1.82) is 0 Å². The molecule has 0 saturated heterocycles. The van der Waals surface area contributed by atoms with Crippen molar-refractivity contribution in [3.63, 3.8) is 0 Å². The molecule has 3 N–H and O–H groups in total. The van der Waals surface area contributed by atoms with Crippen LogP contribution < -0.4 is 11.1 Å². The molecule has 104 valence electrons. The van der Waals surface area contributed by atoms with Crippen LogP contribution in [-0.4, -0.2) is 18.6 Å². The van der Waals surface area contributed by atoms with Gasteiger partial charge in [-0.25, -0.2) is 0 Å². The van der Waals surface area contributed by atoms with Crippen molar-refractivity contribution in [1.82, 2.24) is 5.32 Å². The molecular formula is C16H30N2. The quantitative estimate of drug-likeness (QED) is 0.729. The zero-order valence-electron chi connectivity index (χ0n) is 12.0. The van der Waals surface area contributed by atoms with Gasteiger partial charge in [0, 0.05) is 12.1 Å². The maximum Gasteiger partial charge on any atom is 0.0306 e. The van der Waals surface area contributed by atoms with Gasteiger partial charge in [0.15, 0.2) is 0 Å². The third kappa shape index (κ3) is 2.75. The molecule has 2 heteroatoms. The average Bonchev–Trinajstić information content (AvgIpc) is 3.30. The highest BCUT2D eigenvalue weighted by Crippen LogP contribution is 2.49. The van der Waals surface area contributed by atoms with Crippen molar-refractivity contribution in [2.75, 3.05) is 13.1 Å². The molecule has 3 fully saturated rings. The Labute approximate surface area is 112 Å². The van der Waals surface area contributed by atoms with Crippen LogP contribution in [0.5, 0.6) is 0 Å². The Kier molecular flexibility index (Phi) is 3.68. The van der Waals surface area contributed by atoms with Crippen LogP contribution in [0.2, 0.25) is 0 Å². The molecule has 0 aliphatic heterocycles. The van der Waals surface area contributed by atoms with Gasteiger partial charge in [0.05, 0.1) is 0 Å². The Balaban J connectivity index is 1.53. The van der Waals surface area contributed by atoms with E-state index in [1.165, 1.54) is 57.9 Å². The second kappa shape index (κ2) is 5.13. The van der Waals surface area contributed by atoms with E-state index in [-0.39, 0.29) is 0 Å². The van der Waals surface area contributed by atoms with E-state index in [0.29, 0.717) is 5.54 Å². The summed E-state index contributed by atoms with van der Waals surface area (Å²) in [5.41, 5.74) is 6.39. The van der Waals surface area contributed by atoms with Crippen molar-refractivity contribution in [3.05, 3.63) is 0 Å². The second-order valence-electron chi connectivity index (χ2n) is 7.22. The molecule has 0 spiro atoms. The third-order valence-corrected chi connectivity index (χ3v) is 5.85. The molecule has 3 aliphatic rings. The van der Waals surface area contributed by atoms with Gasteiger partial charge in [-0.05, 0) is 75.2 Å². The topological polar surface area (TPSA) is 38.0 Å². The molecule has 0 aromatic carbocycles. The summed E-state index contributed by atoms with van der Waals surface area (Å²) in [5, 5.41) is 3.93. The molecule has 3 aliphatic carbocycles. The molecule has 3 saturated carbocycles.